The number of carbonyl (C=O) groups excluding carboxylic acids is 1. The fourth-order valence-electron chi connectivity index (χ4n) is 2.83. The molecular formula is C22H21N3O7S. The number of carboxylic acid groups (broad SMARTS) is 1. The third-order valence-electron chi connectivity index (χ3n) is 4.17. The van der Waals surface area contributed by atoms with Crippen LogP contribution in [0.15, 0.2) is 66.7 Å². The van der Waals surface area contributed by atoms with Crippen LogP contribution in [0, 0.1) is 5.41 Å². The lowest BCUT2D eigenvalue weighted by molar-refractivity contribution is 0.0697. The van der Waals surface area contributed by atoms with E-state index >= 15 is 0 Å². The van der Waals surface area contributed by atoms with E-state index in [4.69, 9.17) is 15.7 Å². The summed E-state index contributed by atoms with van der Waals surface area (Å²) in [7, 11) is -3.67. The molecule has 3 aromatic rings. The summed E-state index contributed by atoms with van der Waals surface area (Å²) in [6, 6.07) is 17.1. The van der Waals surface area contributed by atoms with E-state index in [1.807, 2.05) is 0 Å². The smallest absolute Gasteiger partial charge is 0.336 e. The molecule has 0 saturated carbocycles. The number of amides is 1. The Morgan fingerprint density at radius 2 is 1.48 bits per heavy atom. The summed E-state index contributed by atoms with van der Waals surface area (Å²) < 4.78 is 25.9. The van der Waals surface area contributed by atoms with Crippen LogP contribution in [0.2, 0.25) is 0 Å². The second kappa shape index (κ2) is 10.4. The average molecular weight is 471 g/mol. The number of phenolic OH excluding ortho intramolecular Hbond substituents is 1. The van der Waals surface area contributed by atoms with Crippen molar-refractivity contribution in [2.75, 3.05) is 11.6 Å². The van der Waals surface area contributed by atoms with E-state index in [-0.39, 0.29) is 22.7 Å². The SMILES string of the molecule is CS(=O)(=O)O.N=C(N)c1ccc(NC(=O)c2c(O)cccc2-c2ccccc2C(=O)O)cc1. The first kappa shape index (κ1) is 25.0. The van der Waals surface area contributed by atoms with Gasteiger partial charge in [0.25, 0.3) is 16.0 Å². The number of nitrogens with two attached hydrogens (primary N) is 1. The Balaban J connectivity index is 0.000000696. The third kappa shape index (κ3) is 7.16. The van der Waals surface area contributed by atoms with E-state index < -0.39 is 22.0 Å². The molecule has 0 heterocycles. The van der Waals surface area contributed by atoms with Gasteiger partial charge in [-0.25, -0.2) is 4.79 Å². The number of nitrogens with one attached hydrogen (secondary N) is 2. The number of aromatic carboxylic acids is 1. The molecule has 10 nitrogen and oxygen atoms in total. The standard InChI is InChI=1S/C21H17N3O4.CH4O3S/c22-19(23)12-8-10-13(11-9-12)24-20(26)18-15(6-3-7-17(18)25)14-4-1-2-5-16(14)21(27)28;1-5(2,3)4/h1-11,25H,(H3,22,23)(H,24,26)(H,27,28);1H3,(H,2,3,4). The molecule has 0 atom stereocenters. The van der Waals surface area contributed by atoms with Gasteiger partial charge in [0, 0.05) is 11.3 Å². The molecular weight excluding hydrogens is 450 g/mol. The zero-order valence-corrected chi connectivity index (χ0v) is 18.1. The van der Waals surface area contributed by atoms with Gasteiger partial charge in [0.1, 0.15) is 11.6 Å². The molecule has 3 rings (SSSR count). The molecule has 1 amide bonds. The van der Waals surface area contributed by atoms with Crippen LogP contribution in [-0.4, -0.2) is 47.2 Å². The number of amidine groups is 1. The quantitative estimate of drug-likeness (QED) is 0.186. The van der Waals surface area contributed by atoms with Crippen LogP contribution in [-0.2, 0) is 10.1 Å². The predicted octanol–water partition coefficient (Wildman–Crippen LogP) is 2.80. The highest BCUT2D eigenvalue weighted by molar-refractivity contribution is 7.85. The van der Waals surface area contributed by atoms with Crippen LogP contribution in [0.5, 0.6) is 5.75 Å². The first-order valence-electron chi connectivity index (χ1n) is 9.21. The molecule has 0 aliphatic rings. The summed E-state index contributed by atoms with van der Waals surface area (Å²) in [6.45, 7) is 0. The second-order valence-corrected chi connectivity index (χ2v) is 8.19. The molecule has 0 aliphatic carbocycles. The summed E-state index contributed by atoms with van der Waals surface area (Å²) in [5.41, 5.74) is 6.97. The number of aromatic hydroxyl groups is 1. The molecule has 0 aromatic heterocycles. The Bertz CT molecular complexity index is 1300. The molecule has 0 bridgehead atoms. The Hall–Kier alpha value is -4.22. The van der Waals surface area contributed by atoms with E-state index in [1.54, 1.807) is 54.6 Å². The monoisotopic (exact) mass is 471 g/mol. The van der Waals surface area contributed by atoms with Crippen molar-refractivity contribution in [3.63, 3.8) is 0 Å². The highest BCUT2D eigenvalue weighted by Crippen LogP contribution is 2.33. The van der Waals surface area contributed by atoms with E-state index in [0.717, 1.165) is 0 Å². The molecule has 11 heteroatoms. The topological polar surface area (TPSA) is 191 Å². The number of hydrogen-bond acceptors (Lipinski definition) is 6. The molecule has 172 valence electrons. The van der Waals surface area contributed by atoms with Crippen molar-refractivity contribution in [2.24, 2.45) is 5.73 Å². The van der Waals surface area contributed by atoms with Crippen LogP contribution in [0.1, 0.15) is 26.3 Å². The number of rotatable bonds is 5. The molecule has 0 aliphatic heterocycles. The van der Waals surface area contributed by atoms with Crippen LogP contribution in [0.3, 0.4) is 0 Å². The Morgan fingerprint density at radius 3 is 2.03 bits per heavy atom. The van der Waals surface area contributed by atoms with Gasteiger partial charge in [-0.1, -0.05) is 30.3 Å². The Morgan fingerprint density at radius 1 is 0.939 bits per heavy atom. The molecule has 33 heavy (non-hydrogen) atoms. The van der Waals surface area contributed by atoms with Crippen molar-refractivity contribution < 1.29 is 32.8 Å². The van der Waals surface area contributed by atoms with Gasteiger partial charge in [0.05, 0.1) is 17.4 Å². The van der Waals surface area contributed by atoms with Crippen molar-refractivity contribution >= 4 is 33.5 Å². The van der Waals surface area contributed by atoms with Gasteiger partial charge in [-0.3, -0.25) is 14.8 Å². The molecule has 7 N–H and O–H groups in total. The summed E-state index contributed by atoms with van der Waals surface area (Å²) >= 11 is 0. The van der Waals surface area contributed by atoms with Gasteiger partial charge in [0.15, 0.2) is 0 Å². The van der Waals surface area contributed by atoms with Gasteiger partial charge in [-0.2, -0.15) is 8.42 Å². The van der Waals surface area contributed by atoms with Gasteiger partial charge in [-0.15, -0.1) is 0 Å². The first-order chi connectivity index (χ1) is 15.4. The van der Waals surface area contributed by atoms with Crippen molar-refractivity contribution in [1.29, 1.82) is 5.41 Å². The summed E-state index contributed by atoms with van der Waals surface area (Å²) in [5.74, 6) is -2.09. The normalized spacial score (nSPS) is 10.5. The number of nitrogen functional groups attached to an aromatic ring is 1. The highest BCUT2D eigenvalue weighted by atomic mass is 32.2. The zero-order valence-electron chi connectivity index (χ0n) is 17.3. The second-order valence-electron chi connectivity index (χ2n) is 6.73. The third-order valence-corrected chi connectivity index (χ3v) is 4.17. The Labute approximate surface area is 189 Å². The minimum Gasteiger partial charge on any atom is -0.507 e. The number of carboxylic acids is 1. The number of hydrogen-bond donors (Lipinski definition) is 6. The summed E-state index contributed by atoms with van der Waals surface area (Å²) in [4.78, 5) is 24.4. The maximum Gasteiger partial charge on any atom is 0.336 e. The molecule has 0 radical (unpaired) electrons. The van der Waals surface area contributed by atoms with E-state index in [1.165, 1.54) is 12.1 Å². The summed E-state index contributed by atoms with van der Waals surface area (Å²) in [5, 5.41) is 29.8. The maximum absolute atomic E-state index is 12.8. The molecule has 0 fully saturated rings. The number of carbonyl (C=O) groups is 2. The fraction of sp³-hybridized carbons (Fsp3) is 0.0455. The van der Waals surface area contributed by atoms with Crippen molar-refractivity contribution in [3.8, 4) is 16.9 Å². The summed E-state index contributed by atoms with van der Waals surface area (Å²) in [6.07, 6.45) is 0.715. The first-order valence-corrected chi connectivity index (χ1v) is 11.1. The maximum atomic E-state index is 12.8. The molecule has 0 spiro atoms. The van der Waals surface area contributed by atoms with Gasteiger partial charge >= 0.3 is 5.97 Å². The van der Waals surface area contributed by atoms with E-state index in [9.17, 15) is 28.2 Å². The van der Waals surface area contributed by atoms with Crippen molar-refractivity contribution in [1.82, 2.24) is 0 Å². The molecule has 3 aromatic carbocycles. The number of benzene rings is 3. The van der Waals surface area contributed by atoms with Gasteiger partial charge in [-0.05, 0) is 47.5 Å². The zero-order chi connectivity index (χ0) is 24.8. The van der Waals surface area contributed by atoms with E-state index in [2.05, 4.69) is 5.32 Å². The highest BCUT2D eigenvalue weighted by Gasteiger charge is 2.21. The van der Waals surface area contributed by atoms with Gasteiger partial charge < -0.3 is 21.3 Å². The lowest BCUT2D eigenvalue weighted by Gasteiger charge is -2.14. The van der Waals surface area contributed by atoms with Gasteiger partial charge in [0.2, 0.25) is 0 Å². The lowest BCUT2D eigenvalue weighted by atomic mass is 9.94. The lowest BCUT2D eigenvalue weighted by Crippen LogP contribution is -2.15. The predicted molar refractivity (Wildman–Crippen MR) is 123 cm³/mol. The van der Waals surface area contributed by atoms with Crippen molar-refractivity contribution in [3.05, 3.63) is 83.4 Å². The van der Waals surface area contributed by atoms with Crippen LogP contribution in [0.4, 0.5) is 5.69 Å². The number of anilines is 1. The minimum atomic E-state index is -3.67. The molecule has 0 saturated heterocycles. The average Bonchev–Trinajstić information content (AvgIpc) is 2.72. The fourth-order valence-corrected chi connectivity index (χ4v) is 2.83. The Kier molecular flexibility index (Phi) is 7.89. The van der Waals surface area contributed by atoms with Crippen LogP contribution in [0.25, 0.3) is 11.1 Å². The van der Waals surface area contributed by atoms with E-state index in [0.29, 0.717) is 28.6 Å². The van der Waals surface area contributed by atoms with Crippen LogP contribution >= 0.6 is 0 Å². The molecule has 0 unspecified atom stereocenters. The largest absolute Gasteiger partial charge is 0.507 e. The van der Waals surface area contributed by atoms with Crippen LogP contribution < -0.4 is 11.1 Å². The van der Waals surface area contributed by atoms with Crippen molar-refractivity contribution in [2.45, 2.75) is 0 Å². The number of phenols is 1. The minimum absolute atomic E-state index is 0.0213.